The van der Waals surface area contributed by atoms with E-state index in [1.807, 2.05) is 48.5 Å². The SMILES string of the molecule is CN(C)C(=O)NC(c1ccccc1)c1cc(Br)ccc1N. The number of nitrogens with zero attached hydrogens (tertiary/aromatic N) is 1. The molecule has 1 atom stereocenters. The first-order valence-corrected chi connectivity index (χ1v) is 7.36. The highest BCUT2D eigenvalue weighted by atomic mass is 79.9. The zero-order valence-electron chi connectivity index (χ0n) is 12.0. The number of halogens is 1. The predicted molar refractivity (Wildman–Crippen MR) is 89.1 cm³/mol. The second-order valence-electron chi connectivity index (χ2n) is 4.96. The normalized spacial score (nSPS) is 11.8. The molecule has 0 aliphatic rings. The van der Waals surface area contributed by atoms with Crippen molar-refractivity contribution in [1.82, 2.24) is 10.2 Å². The molecule has 0 aliphatic carbocycles. The van der Waals surface area contributed by atoms with Crippen LogP contribution in [0.1, 0.15) is 17.2 Å². The second-order valence-corrected chi connectivity index (χ2v) is 5.88. The Balaban J connectivity index is 2.45. The van der Waals surface area contributed by atoms with Gasteiger partial charge in [0.2, 0.25) is 0 Å². The summed E-state index contributed by atoms with van der Waals surface area (Å²) in [6, 6.07) is 15.0. The van der Waals surface area contributed by atoms with Gasteiger partial charge in [-0.2, -0.15) is 0 Å². The van der Waals surface area contributed by atoms with E-state index >= 15 is 0 Å². The third-order valence-corrected chi connectivity index (χ3v) is 3.66. The van der Waals surface area contributed by atoms with Gasteiger partial charge in [-0.1, -0.05) is 46.3 Å². The molecule has 0 spiro atoms. The van der Waals surface area contributed by atoms with E-state index in [-0.39, 0.29) is 12.1 Å². The molecule has 0 aliphatic heterocycles. The molecule has 2 aromatic carbocycles. The third kappa shape index (κ3) is 3.76. The summed E-state index contributed by atoms with van der Waals surface area (Å²) in [4.78, 5) is 13.6. The van der Waals surface area contributed by atoms with Crippen molar-refractivity contribution >= 4 is 27.6 Å². The molecule has 2 amide bonds. The van der Waals surface area contributed by atoms with E-state index in [9.17, 15) is 4.79 Å². The summed E-state index contributed by atoms with van der Waals surface area (Å²) in [6.07, 6.45) is 0. The number of carbonyl (C=O) groups excluding carboxylic acids is 1. The van der Waals surface area contributed by atoms with E-state index in [4.69, 9.17) is 5.73 Å². The number of urea groups is 1. The molecule has 21 heavy (non-hydrogen) atoms. The van der Waals surface area contributed by atoms with E-state index in [2.05, 4.69) is 21.2 Å². The van der Waals surface area contributed by atoms with Crippen LogP contribution in [0.4, 0.5) is 10.5 Å². The smallest absolute Gasteiger partial charge is 0.317 e. The molecule has 0 bridgehead atoms. The molecular weight excluding hydrogens is 330 g/mol. The van der Waals surface area contributed by atoms with Gasteiger partial charge in [-0.05, 0) is 23.8 Å². The molecule has 5 heteroatoms. The molecule has 0 aromatic heterocycles. The Bertz CT molecular complexity index is 629. The van der Waals surface area contributed by atoms with Gasteiger partial charge in [-0.25, -0.2) is 4.79 Å². The van der Waals surface area contributed by atoms with Crippen LogP contribution >= 0.6 is 15.9 Å². The first-order valence-electron chi connectivity index (χ1n) is 6.56. The number of benzene rings is 2. The number of nitrogen functional groups attached to an aromatic ring is 1. The maximum absolute atomic E-state index is 12.1. The Hall–Kier alpha value is -2.01. The predicted octanol–water partition coefficient (Wildman–Crippen LogP) is 3.39. The molecule has 2 rings (SSSR count). The average molecular weight is 348 g/mol. The Morgan fingerprint density at radius 2 is 1.86 bits per heavy atom. The highest BCUT2D eigenvalue weighted by molar-refractivity contribution is 9.10. The lowest BCUT2D eigenvalue weighted by molar-refractivity contribution is 0.215. The van der Waals surface area contributed by atoms with E-state index in [1.165, 1.54) is 4.90 Å². The molecule has 110 valence electrons. The lowest BCUT2D eigenvalue weighted by Gasteiger charge is -2.23. The van der Waals surface area contributed by atoms with Crippen molar-refractivity contribution in [3.8, 4) is 0 Å². The van der Waals surface area contributed by atoms with Crippen molar-refractivity contribution in [3.05, 3.63) is 64.1 Å². The van der Waals surface area contributed by atoms with Crippen molar-refractivity contribution in [2.45, 2.75) is 6.04 Å². The van der Waals surface area contributed by atoms with Gasteiger partial charge in [0.25, 0.3) is 0 Å². The standard InChI is InChI=1S/C16H18BrN3O/c1-20(2)16(21)19-15(11-6-4-3-5-7-11)13-10-12(17)8-9-14(13)18/h3-10,15H,18H2,1-2H3,(H,19,21). The fraction of sp³-hybridized carbons (Fsp3) is 0.188. The van der Waals surface area contributed by atoms with Crippen LogP contribution in [0.5, 0.6) is 0 Å². The monoisotopic (exact) mass is 347 g/mol. The van der Waals surface area contributed by atoms with E-state index in [1.54, 1.807) is 14.1 Å². The van der Waals surface area contributed by atoms with Crippen LogP contribution in [0.3, 0.4) is 0 Å². The lowest BCUT2D eigenvalue weighted by atomic mass is 9.97. The maximum atomic E-state index is 12.1. The molecule has 0 radical (unpaired) electrons. The van der Waals surface area contributed by atoms with Crippen LogP contribution in [0.25, 0.3) is 0 Å². The van der Waals surface area contributed by atoms with Crippen LogP contribution in [0, 0.1) is 0 Å². The minimum absolute atomic E-state index is 0.164. The van der Waals surface area contributed by atoms with Crippen LogP contribution < -0.4 is 11.1 Å². The number of hydrogen-bond donors (Lipinski definition) is 2. The number of carbonyl (C=O) groups is 1. The van der Waals surface area contributed by atoms with Gasteiger partial charge in [0, 0.05) is 29.8 Å². The summed E-state index contributed by atoms with van der Waals surface area (Å²) < 4.78 is 0.923. The summed E-state index contributed by atoms with van der Waals surface area (Å²) >= 11 is 3.45. The van der Waals surface area contributed by atoms with Gasteiger partial charge in [0.15, 0.2) is 0 Å². The Morgan fingerprint density at radius 1 is 1.19 bits per heavy atom. The first-order chi connectivity index (χ1) is 9.99. The summed E-state index contributed by atoms with van der Waals surface area (Å²) in [5.74, 6) is 0. The summed E-state index contributed by atoms with van der Waals surface area (Å²) in [6.45, 7) is 0. The second kappa shape index (κ2) is 6.63. The van der Waals surface area contributed by atoms with Crippen LogP contribution in [0.15, 0.2) is 53.0 Å². The minimum Gasteiger partial charge on any atom is -0.398 e. The molecule has 4 nitrogen and oxygen atoms in total. The number of nitrogens with one attached hydrogen (secondary N) is 1. The van der Waals surface area contributed by atoms with Crippen molar-refractivity contribution in [3.63, 3.8) is 0 Å². The molecule has 0 fully saturated rings. The van der Waals surface area contributed by atoms with Crippen LogP contribution in [-0.4, -0.2) is 25.0 Å². The quantitative estimate of drug-likeness (QED) is 0.836. The first kappa shape index (κ1) is 15.4. The molecule has 0 saturated heterocycles. The van der Waals surface area contributed by atoms with Crippen molar-refractivity contribution < 1.29 is 4.79 Å². The summed E-state index contributed by atoms with van der Waals surface area (Å²) in [5, 5.41) is 3.00. The third-order valence-electron chi connectivity index (χ3n) is 3.17. The van der Waals surface area contributed by atoms with Crippen molar-refractivity contribution in [2.24, 2.45) is 0 Å². The molecular formula is C16H18BrN3O. The van der Waals surface area contributed by atoms with Gasteiger partial charge in [-0.3, -0.25) is 0 Å². The zero-order chi connectivity index (χ0) is 15.4. The number of rotatable bonds is 3. The Labute approximate surface area is 133 Å². The molecule has 2 aromatic rings. The summed E-state index contributed by atoms with van der Waals surface area (Å²) in [7, 11) is 3.42. The van der Waals surface area contributed by atoms with E-state index in [0.717, 1.165) is 15.6 Å². The fourth-order valence-corrected chi connectivity index (χ4v) is 2.41. The van der Waals surface area contributed by atoms with Crippen LogP contribution in [-0.2, 0) is 0 Å². The van der Waals surface area contributed by atoms with Gasteiger partial charge in [0.05, 0.1) is 6.04 Å². The van der Waals surface area contributed by atoms with Gasteiger partial charge in [-0.15, -0.1) is 0 Å². The molecule has 0 saturated carbocycles. The minimum atomic E-state index is -0.293. The average Bonchev–Trinajstić information content (AvgIpc) is 2.48. The van der Waals surface area contributed by atoms with E-state index in [0.29, 0.717) is 5.69 Å². The Morgan fingerprint density at radius 3 is 2.48 bits per heavy atom. The maximum Gasteiger partial charge on any atom is 0.317 e. The molecule has 3 N–H and O–H groups in total. The lowest BCUT2D eigenvalue weighted by Crippen LogP contribution is -2.37. The number of nitrogens with two attached hydrogens (primary N) is 1. The largest absolute Gasteiger partial charge is 0.398 e. The van der Waals surface area contributed by atoms with E-state index < -0.39 is 0 Å². The summed E-state index contributed by atoms with van der Waals surface area (Å²) in [5.41, 5.74) is 8.59. The van der Waals surface area contributed by atoms with Crippen molar-refractivity contribution in [1.29, 1.82) is 0 Å². The Kier molecular flexibility index (Phi) is 4.85. The van der Waals surface area contributed by atoms with Gasteiger partial charge >= 0.3 is 6.03 Å². The van der Waals surface area contributed by atoms with Crippen LogP contribution in [0.2, 0.25) is 0 Å². The zero-order valence-corrected chi connectivity index (χ0v) is 13.6. The highest BCUT2D eigenvalue weighted by Crippen LogP contribution is 2.29. The number of amides is 2. The topological polar surface area (TPSA) is 58.4 Å². The van der Waals surface area contributed by atoms with Gasteiger partial charge in [0.1, 0.15) is 0 Å². The van der Waals surface area contributed by atoms with Crippen molar-refractivity contribution in [2.75, 3.05) is 19.8 Å². The molecule has 0 heterocycles. The van der Waals surface area contributed by atoms with Gasteiger partial charge < -0.3 is 16.0 Å². The fourth-order valence-electron chi connectivity index (χ4n) is 2.03. The highest BCUT2D eigenvalue weighted by Gasteiger charge is 2.20. The number of hydrogen-bond acceptors (Lipinski definition) is 2. The number of anilines is 1. The molecule has 1 unspecified atom stereocenters.